The molecule has 158 valence electrons. The van der Waals surface area contributed by atoms with E-state index in [0.717, 1.165) is 31.7 Å². The summed E-state index contributed by atoms with van der Waals surface area (Å²) < 4.78 is 27.1. The van der Waals surface area contributed by atoms with Crippen LogP contribution in [0.1, 0.15) is 47.1 Å². The molecule has 1 amide bonds. The second kappa shape index (κ2) is 8.82. The number of hydrogen-bond acceptors (Lipinski definition) is 5. The third-order valence-corrected chi connectivity index (χ3v) is 7.47. The predicted octanol–water partition coefficient (Wildman–Crippen LogP) is 2.64. The highest BCUT2D eigenvalue weighted by Crippen LogP contribution is 2.23. The van der Waals surface area contributed by atoms with Crippen molar-refractivity contribution in [2.45, 2.75) is 58.8 Å². The van der Waals surface area contributed by atoms with Gasteiger partial charge in [0.05, 0.1) is 5.25 Å². The minimum atomic E-state index is -3.69. The molecule has 1 unspecified atom stereocenters. The van der Waals surface area contributed by atoms with E-state index in [9.17, 15) is 13.2 Å². The Hall–Kier alpha value is -1.60. The fraction of sp³-hybridized carbons (Fsp3) is 0.667. The van der Waals surface area contributed by atoms with Crippen molar-refractivity contribution in [3.8, 4) is 0 Å². The van der Waals surface area contributed by atoms with Crippen LogP contribution in [0.4, 0.5) is 5.69 Å². The molecule has 2 rings (SSSR count). The first-order valence-electron chi connectivity index (χ1n) is 10.0. The van der Waals surface area contributed by atoms with Gasteiger partial charge >= 0.3 is 0 Å². The van der Waals surface area contributed by atoms with Crippen LogP contribution in [0.3, 0.4) is 0 Å². The molecule has 1 aromatic carbocycles. The van der Waals surface area contributed by atoms with Crippen LogP contribution >= 0.6 is 0 Å². The molecule has 1 atom stereocenters. The van der Waals surface area contributed by atoms with Crippen LogP contribution in [0, 0.1) is 5.92 Å². The number of carbonyl (C=O) groups excluding carboxylic acids is 1. The maximum atomic E-state index is 12.5. The highest BCUT2D eigenvalue weighted by molar-refractivity contribution is 7.90. The maximum absolute atomic E-state index is 12.5. The Labute approximate surface area is 170 Å². The summed E-state index contributed by atoms with van der Waals surface area (Å²) in [6.45, 7) is 15.8. The average molecular weight is 410 g/mol. The molecule has 1 saturated heterocycles. The number of hydrogen-bond donors (Lipinski definition) is 1. The summed E-state index contributed by atoms with van der Waals surface area (Å²) in [7, 11) is -3.69. The number of amides is 1. The van der Waals surface area contributed by atoms with Crippen molar-refractivity contribution in [3.63, 3.8) is 0 Å². The van der Waals surface area contributed by atoms with Gasteiger partial charge in [-0.3, -0.25) is 14.4 Å². The molecule has 0 aliphatic carbocycles. The molecule has 1 heterocycles. The molecule has 1 aromatic rings. The molecule has 0 bridgehead atoms. The summed E-state index contributed by atoms with van der Waals surface area (Å²) in [4.78, 5) is 16.1. The number of piperazine rings is 1. The van der Waals surface area contributed by atoms with E-state index >= 15 is 0 Å². The smallest absolute Gasteiger partial charge is 0.238 e. The van der Waals surface area contributed by atoms with Crippen molar-refractivity contribution < 1.29 is 13.2 Å². The van der Waals surface area contributed by atoms with Gasteiger partial charge in [0, 0.05) is 44.3 Å². The van der Waals surface area contributed by atoms with Crippen molar-refractivity contribution in [2.24, 2.45) is 5.92 Å². The van der Waals surface area contributed by atoms with E-state index < -0.39 is 21.2 Å². The first-order chi connectivity index (χ1) is 12.9. The van der Waals surface area contributed by atoms with Crippen LogP contribution in [-0.2, 0) is 21.2 Å². The van der Waals surface area contributed by atoms with E-state index in [1.54, 1.807) is 0 Å². The van der Waals surface area contributed by atoms with E-state index in [1.807, 2.05) is 26.0 Å². The van der Waals surface area contributed by atoms with E-state index in [-0.39, 0.29) is 11.5 Å². The van der Waals surface area contributed by atoms with Crippen LogP contribution < -0.4 is 9.62 Å². The molecule has 0 spiro atoms. The van der Waals surface area contributed by atoms with Gasteiger partial charge < -0.3 is 4.90 Å². The van der Waals surface area contributed by atoms with Crippen molar-refractivity contribution in [3.05, 3.63) is 29.8 Å². The Balaban J connectivity index is 2.05. The number of rotatable bonds is 6. The van der Waals surface area contributed by atoms with E-state index in [1.165, 1.54) is 12.6 Å². The van der Waals surface area contributed by atoms with Crippen LogP contribution in [-0.4, -0.2) is 56.2 Å². The Bertz CT molecular complexity index is 759. The zero-order chi connectivity index (χ0) is 21.1. The molecule has 1 aliphatic heterocycles. The first kappa shape index (κ1) is 22.7. The lowest BCUT2D eigenvalue weighted by molar-refractivity contribution is -0.117. The van der Waals surface area contributed by atoms with Gasteiger partial charge in [0.15, 0.2) is 0 Å². The van der Waals surface area contributed by atoms with Crippen LogP contribution in [0.15, 0.2) is 24.3 Å². The predicted molar refractivity (Wildman–Crippen MR) is 115 cm³/mol. The SMILES string of the molecule is CC(=O)NS(=O)(=O)C(Cc1ccc(N2CCN(C(C)(C)C)CC2)cc1)C(C)C. The standard InChI is InChI=1S/C21H35N3O3S/c1-16(2)20(28(26,27)22-17(3)25)15-18-7-9-19(10-8-18)23-11-13-24(14-12-23)21(4,5)6/h7-10,16,20H,11-15H2,1-6H3,(H,22,25). The maximum Gasteiger partial charge on any atom is 0.238 e. The molecule has 1 N–H and O–H groups in total. The van der Waals surface area contributed by atoms with Gasteiger partial charge in [-0.25, -0.2) is 8.42 Å². The van der Waals surface area contributed by atoms with Gasteiger partial charge in [0.1, 0.15) is 0 Å². The Morgan fingerprint density at radius 3 is 2.04 bits per heavy atom. The Kier molecular flexibility index (Phi) is 7.15. The molecule has 28 heavy (non-hydrogen) atoms. The fourth-order valence-corrected chi connectivity index (χ4v) is 5.37. The van der Waals surface area contributed by atoms with Crippen LogP contribution in [0.5, 0.6) is 0 Å². The zero-order valence-corrected chi connectivity index (χ0v) is 18.8. The first-order valence-corrected chi connectivity index (χ1v) is 11.6. The van der Waals surface area contributed by atoms with Gasteiger partial charge in [-0.05, 0) is 50.8 Å². The monoisotopic (exact) mass is 409 g/mol. The number of anilines is 1. The van der Waals surface area contributed by atoms with Gasteiger partial charge in [0.2, 0.25) is 15.9 Å². The molecule has 1 fully saturated rings. The summed E-state index contributed by atoms with van der Waals surface area (Å²) in [5.41, 5.74) is 2.33. The second-order valence-electron chi connectivity index (χ2n) is 9.00. The van der Waals surface area contributed by atoms with Crippen molar-refractivity contribution in [1.82, 2.24) is 9.62 Å². The molecule has 0 saturated carbocycles. The number of nitrogens with one attached hydrogen (secondary N) is 1. The van der Waals surface area contributed by atoms with E-state index in [4.69, 9.17) is 0 Å². The van der Waals surface area contributed by atoms with Crippen LogP contribution in [0.2, 0.25) is 0 Å². The minimum absolute atomic E-state index is 0.0954. The van der Waals surface area contributed by atoms with Gasteiger partial charge in [-0.1, -0.05) is 26.0 Å². The van der Waals surface area contributed by atoms with Crippen molar-refractivity contribution in [2.75, 3.05) is 31.1 Å². The third-order valence-electron chi connectivity index (χ3n) is 5.39. The zero-order valence-electron chi connectivity index (χ0n) is 18.0. The van der Waals surface area contributed by atoms with Gasteiger partial charge in [-0.15, -0.1) is 0 Å². The molecule has 6 nitrogen and oxygen atoms in total. The molecule has 0 aromatic heterocycles. The van der Waals surface area contributed by atoms with Gasteiger partial charge in [0.25, 0.3) is 0 Å². The molecule has 1 aliphatic rings. The largest absolute Gasteiger partial charge is 0.369 e. The number of benzene rings is 1. The molecular weight excluding hydrogens is 374 g/mol. The summed E-state index contributed by atoms with van der Waals surface area (Å²) in [6.07, 6.45) is 0.387. The minimum Gasteiger partial charge on any atom is -0.369 e. The van der Waals surface area contributed by atoms with E-state index in [0.29, 0.717) is 6.42 Å². The second-order valence-corrected chi connectivity index (χ2v) is 10.9. The lowest BCUT2D eigenvalue weighted by Gasteiger charge is -2.43. The highest BCUT2D eigenvalue weighted by Gasteiger charge is 2.30. The lowest BCUT2D eigenvalue weighted by atomic mass is 10.0. The van der Waals surface area contributed by atoms with Gasteiger partial charge in [-0.2, -0.15) is 0 Å². The van der Waals surface area contributed by atoms with Crippen molar-refractivity contribution >= 4 is 21.6 Å². The normalized spacial score (nSPS) is 17.6. The summed E-state index contributed by atoms with van der Waals surface area (Å²) in [5, 5.41) is -0.641. The molecule has 7 heteroatoms. The quantitative estimate of drug-likeness (QED) is 0.782. The number of sulfonamides is 1. The average Bonchev–Trinajstić information content (AvgIpc) is 2.58. The Morgan fingerprint density at radius 1 is 1.07 bits per heavy atom. The molecule has 0 radical (unpaired) electrons. The third kappa shape index (κ3) is 5.95. The highest BCUT2D eigenvalue weighted by atomic mass is 32.2. The van der Waals surface area contributed by atoms with Crippen LogP contribution in [0.25, 0.3) is 0 Å². The fourth-order valence-electron chi connectivity index (χ4n) is 3.69. The number of carbonyl (C=O) groups is 1. The summed E-state index contributed by atoms with van der Waals surface area (Å²) in [5.74, 6) is -0.641. The summed E-state index contributed by atoms with van der Waals surface area (Å²) in [6, 6.07) is 8.16. The lowest BCUT2D eigenvalue weighted by Crippen LogP contribution is -2.53. The summed E-state index contributed by atoms with van der Waals surface area (Å²) >= 11 is 0. The molecular formula is C21H35N3O3S. The van der Waals surface area contributed by atoms with Crippen molar-refractivity contribution in [1.29, 1.82) is 0 Å². The topological polar surface area (TPSA) is 69.7 Å². The number of nitrogens with zero attached hydrogens (tertiary/aromatic N) is 2. The van der Waals surface area contributed by atoms with E-state index in [2.05, 4.69) is 47.4 Å². The Morgan fingerprint density at radius 2 is 1.61 bits per heavy atom.